The van der Waals surface area contributed by atoms with Gasteiger partial charge in [0.15, 0.2) is 0 Å². The highest BCUT2D eigenvalue weighted by Gasteiger charge is 2.10. The summed E-state index contributed by atoms with van der Waals surface area (Å²) in [4.78, 5) is 11.5. The van der Waals surface area contributed by atoms with Crippen molar-refractivity contribution in [1.82, 2.24) is 0 Å². The molecule has 3 nitrogen and oxygen atoms in total. The minimum atomic E-state index is -0.378. The van der Waals surface area contributed by atoms with Gasteiger partial charge in [0.25, 0.3) is 0 Å². The summed E-state index contributed by atoms with van der Waals surface area (Å²) >= 11 is 0. The molecule has 0 amide bonds. The van der Waals surface area contributed by atoms with Gasteiger partial charge < -0.3 is 9.15 Å². The number of carbonyl (C=O) groups is 1. The second kappa shape index (κ2) is 7.75. The van der Waals surface area contributed by atoms with Gasteiger partial charge in [-0.1, -0.05) is 18.6 Å². The molecular formula is C15H22O3. The number of carbonyl (C=O) groups excluding carboxylic acids is 1. The Bertz CT molecular complexity index is 372. The van der Waals surface area contributed by atoms with Crippen LogP contribution in [0.15, 0.2) is 34.5 Å². The molecule has 1 heterocycles. The Labute approximate surface area is 109 Å². The predicted molar refractivity (Wildman–Crippen MR) is 71.4 cm³/mol. The molecule has 0 aliphatic carbocycles. The quantitative estimate of drug-likeness (QED) is 0.537. The van der Waals surface area contributed by atoms with Crippen LogP contribution in [0.3, 0.4) is 0 Å². The Kier molecular flexibility index (Phi) is 6.26. The average Bonchev–Trinajstić information content (AvgIpc) is 2.81. The van der Waals surface area contributed by atoms with E-state index in [2.05, 4.69) is 26.8 Å². The van der Waals surface area contributed by atoms with Crippen molar-refractivity contribution in [3.63, 3.8) is 0 Å². The number of furan rings is 1. The van der Waals surface area contributed by atoms with Gasteiger partial charge in [-0.3, -0.25) is 0 Å². The molecule has 0 spiro atoms. The lowest BCUT2D eigenvalue weighted by Gasteiger charge is -2.10. The van der Waals surface area contributed by atoms with Gasteiger partial charge in [0.1, 0.15) is 0 Å². The minimum Gasteiger partial charge on any atom is -0.460 e. The van der Waals surface area contributed by atoms with Crippen LogP contribution in [0.4, 0.5) is 0 Å². The van der Waals surface area contributed by atoms with Crippen LogP contribution in [0.2, 0.25) is 0 Å². The van der Waals surface area contributed by atoms with E-state index < -0.39 is 0 Å². The predicted octanol–water partition coefficient (Wildman–Crippen LogP) is 4.21. The van der Waals surface area contributed by atoms with Crippen LogP contribution < -0.4 is 0 Å². The van der Waals surface area contributed by atoms with Crippen LogP contribution in [0.1, 0.15) is 50.6 Å². The number of allylic oxidation sites excluding steroid dienone is 2. The van der Waals surface area contributed by atoms with E-state index in [1.165, 1.54) is 11.8 Å². The lowest BCUT2D eigenvalue weighted by Crippen LogP contribution is -2.08. The molecule has 18 heavy (non-hydrogen) atoms. The third-order valence-corrected chi connectivity index (χ3v) is 2.78. The molecule has 0 aliphatic heterocycles. The highest BCUT2D eigenvalue weighted by Crippen LogP contribution is 2.12. The lowest BCUT2D eigenvalue weighted by molar-refractivity contribution is 0.0448. The molecule has 1 aromatic heterocycles. The molecule has 1 atom stereocenters. The molecule has 0 N–H and O–H groups in total. The van der Waals surface area contributed by atoms with Crippen molar-refractivity contribution in [3.8, 4) is 0 Å². The summed E-state index contributed by atoms with van der Waals surface area (Å²) in [5.74, 6) is 0.452. The molecular weight excluding hydrogens is 228 g/mol. The number of rotatable bonds is 7. The van der Waals surface area contributed by atoms with Gasteiger partial charge in [0.2, 0.25) is 5.76 Å². The monoisotopic (exact) mass is 250 g/mol. The maximum absolute atomic E-state index is 11.5. The van der Waals surface area contributed by atoms with Crippen LogP contribution in [0.25, 0.3) is 0 Å². The van der Waals surface area contributed by atoms with Crippen molar-refractivity contribution in [3.05, 3.63) is 35.8 Å². The molecule has 3 heteroatoms. The zero-order chi connectivity index (χ0) is 13.4. The zero-order valence-electron chi connectivity index (χ0n) is 11.4. The molecule has 0 aromatic carbocycles. The maximum Gasteiger partial charge on any atom is 0.374 e. The molecule has 0 aliphatic rings. The van der Waals surface area contributed by atoms with Crippen molar-refractivity contribution in [2.45, 2.75) is 40.0 Å². The molecule has 100 valence electrons. The molecule has 1 aromatic rings. The van der Waals surface area contributed by atoms with Gasteiger partial charge in [-0.2, -0.15) is 0 Å². The SMILES string of the molecule is CC(C)=CCCC(C)CCOC(=O)c1ccco1. The van der Waals surface area contributed by atoms with Crippen LogP contribution >= 0.6 is 0 Å². The number of hydrogen-bond donors (Lipinski definition) is 0. The number of hydrogen-bond acceptors (Lipinski definition) is 3. The number of esters is 1. The largest absolute Gasteiger partial charge is 0.460 e. The van der Waals surface area contributed by atoms with Crippen molar-refractivity contribution in [2.24, 2.45) is 5.92 Å². The van der Waals surface area contributed by atoms with Crippen molar-refractivity contribution in [1.29, 1.82) is 0 Å². The van der Waals surface area contributed by atoms with E-state index >= 15 is 0 Å². The second-order valence-corrected chi connectivity index (χ2v) is 4.87. The van der Waals surface area contributed by atoms with Gasteiger partial charge in [-0.25, -0.2) is 4.79 Å². The first kappa shape index (κ1) is 14.6. The normalized spacial score (nSPS) is 11.9. The third-order valence-electron chi connectivity index (χ3n) is 2.78. The van der Waals surface area contributed by atoms with Crippen molar-refractivity contribution in [2.75, 3.05) is 6.61 Å². The first-order chi connectivity index (χ1) is 8.59. The lowest BCUT2D eigenvalue weighted by atomic mass is 10.0. The summed E-state index contributed by atoms with van der Waals surface area (Å²) in [6, 6.07) is 3.29. The van der Waals surface area contributed by atoms with Crippen LogP contribution in [0.5, 0.6) is 0 Å². The smallest absolute Gasteiger partial charge is 0.374 e. The number of ether oxygens (including phenoxy) is 1. The van der Waals surface area contributed by atoms with Gasteiger partial charge in [-0.05, 0) is 51.2 Å². The summed E-state index contributed by atoms with van der Waals surface area (Å²) in [6.07, 6.45) is 6.83. The van der Waals surface area contributed by atoms with Gasteiger partial charge in [-0.15, -0.1) is 0 Å². The van der Waals surface area contributed by atoms with Crippen LogP contribution in [-0.4, -0.2) is 12.6 Å². The summed E-state index contributed by atoms with van der Waals surface area (Å²) in [5, 5.41) is 0. The van der Waals surface area contributed by atoms with E-state index in [1.54, 1.807) is 12.1 Å². The molecule has 0 fully saturated rings. The fourth-order valence-electron chi connectivity index (χ4n) is 1.62. The Balaban J connectivity index is 2.14. The average molecular weight is 250 g/mol. The van der Waals surface area contributed by atoms with Crippen molar-refractivity contribution >= 4 is 5.97 Å². The summed E-state index contributed by atoms with van der Waals surface area (Å²) in [5.41, 5.74) is 1.35. The Morgan fingerprint density at radius 1 is 1.44 bits per heavy atom. The first-order valence-corrected chi connectivity index (χ1v) is 6.43. The van der Waals surface area contributed by atoms with Crippen molar-refractivity contribution < 1.29 is 13.9 Å². The fourth-order valence-corrected chi connectivity index (χ4v) is 1.62. The minimum absolute atomic E-state index is 0.271. The van der Waals surface area contributed by atoms with Crippen LogP contribution in [0, 0.1) is 5.92 Å². The standard InChI is InChI=1S/C15H22O3/c1-12(2)6-4-7-13(3)9-11-18-15(16)14-8-5-10-17-14/h5-6,8,10,13H,4,7,9,11H2,1-3H3. The van der Waals surface area contributed by atoms with E-state index in [0.717, 1.165) is 19.3 Å². The third kappa shape index (κ3) is 5.71. The summed E-state index contributed by atoms with van der Waals surface area (Å²) in [6.45, 7) is 6.85. The van der Waals surface area contributed by atoms with Crippen LogP contribution in [-0.2, 0) is 4.74 Å². The highest BCUT2D eigenvalue weighted by atomic mass is 16.5. The molecule has 0 bridgehead atoms. The van der Waals surface area contributed by atoms with Gasteiger partial charge in [0, 0.05) is 0 Å². The Morgan fingerprint density at radius 3 is 2.83 bits per heavy atom. The van der Waals surface area contributed by atoms with E-state index in [0.29, 0.717) is 12.5 Å². The van der Waals surface area contributed by atoms with E-state index in [9.17, 15) is 4.79 Å². The molecule has 1 rings (SSSR count). The molecule has 0 radical (unpaired) electrons. The van der Waals surface area contributed by atoms with Gasteiger partial charge in [0.05, 0.1) is 12.9 Å². The maximum atomic E-state index is 11.5. The molecule has 0 saturated heterocycles. The topological polar surface area (TPSA) is 39.4 Å². The van der Waals surface area contributed by atoms with E-state index in [-0.39, 0.29) is 11.7 Å². The first-order valence-electron chi connectivity index (χ1n) is 6.43. The van der Waals surface area contributed by atoms with Gasteiger partial charge >= 0.3 is 5.97 Å². The summed E-state index contributed by atoms with van der Waals surface area (Å²) < 4.78 is 10.1. The second-order valence-electron chi connectivity index (χ2n) is 4.87. The Morgan fingerprint density at radius 2 is 2.22 bits per heavy atom. The Hall–Kier alpha value is -1.51. The summed E-state index contributed by atoms with van der Waals surface area (Å²) in [7, 11) is 0. The fraction of sp³-hybridized carbons (Fsp3) is 0.533. The van der Waals surface area contributed by atoms with E-state index in [1.807, 2.05) is 0 Å². The molecule has 0 saturated carbocycles. The zero-order valence-corrected chi connectivity index (χ0v) is 11.4. The van der Waals surface area contributed by atoms with E-state index in [4.69, 9.17) is 9.15 Å². The highest BCUT2D eigenvalue weighted by molar-refractivity contribution is 5.86. The molecule has 1 unspecified atom stereocenters.